The molecule has 4 heteroatoms. The molecule has 3 nitrogen and oxygen atoms in total. The van der Waals surface area contributed by atoms with Gasteiger partial charge in [0.05, 0.1) is 11.1 Å². The molecule has 0 bridgehead atoms. The Bertz CT molecular complexity index is 434. The third kappa shape index (κ3) is 1.52. The van der Waals surface area contributed by atoms with Crippen molar-refractivity contribution in [3.05, 3.63) is 29.8 Å². The van der Waals surface area contributed by atoms with Crippen LogP contribution in [0.25, 0.3) is 5.03 Å². The molecule has 0 spiro atoms. The molecule has 14 heavy (non-hydrogen) atoms. The first-order chi connectivity index (χ1) is 6.81. The van der Waals surface area contributed by atoms with Crippen molar-refractivity contribution < 1.29 is 9.47 Å². The SMILES string of the molecule is N#C/C=C(\Cl)c1ccc2c(c1)OCO2. The second kappa shape index (κ2) is 3.60. The fraction of sp³-hybridized carbons (Fsp3) is 0.100. The van der Waals surface area contributed by atoms with E-state index in [0.717, 1.165) is 5.56 Å². The Morgan fingerprint density at radius 1 is 1.43 bits per heavy atom. The monoisotopic (exact) mass is 207 g/mol. The number of halogens is 1. The molecule has 0 amide bonds. The first kappa shape index (κ1) is 8.92. The van der Waals surface area contributed by atoms with Gasteiger partial charge in [-0.15, -0.1) is 0 Å². The maximum Gasteiger partial charge on any atom is 0.231 e. The molecule has 2 rings (SSSR count). The van der Waals surface area contributed by atoms with Gasteiger partial charge in [-0.25, -0.2) is 0 Å². The van der Waals surface area contributed by atoms with Crippen LogP contribution >= 0.6 is 11.6 Å². The lowest BCUT2D eigenvalue weighted by atomic mass is 10.2. The Labute approximate surface area is 86.1 Å². The summed E-state index contributed by atoms with van der Waals surface area (Å²) in [7, 11) is 0. The molecule has 1 heterocycles. The van der Waals surface area contributed by atoms with Crippen LogP contribution in [0.5, 0.6) is 11.5 Å². The maximum atomic E-state index is 8.42. The summed E-state index contributed by atoms with van der Waals surface area (Å²) in [6.45, 7) is 0.234. The smallest absolute Gasteiger partial charge is 0.231 e. The van der Waals surface area contributed by atoms with E-state index in [2.05, 4.69) is 0 Å². The summed E-state index contributed by atoms with van der Waals surface area (Å²) >= 11 is 5.85. The van der Waals surface area contributed by atoms with Gasteiger partial charge in [0.25, 0.3) is 0 Å². The molecule has 0 saturated heterocycles. The molecule has 0 aromatic heterocycles. The number of benzene rings is 1. The minimum atomic E-state index is 0.234. The molecule has 1 aromatic carbocycles. The van der Waals surface area contributed by atoms with Crippen molar-refractivity contribution in [3.63, 3.8) is 0 Å². The zero-order valence-electron chi connectivity index (χ0n) is 7.16. The molecule has 0 unspecified atom stereocenters. The predicted molar refractivity (Wildman–Crippen MR) is 52.0 cm³/mol. The fourth-order valence-electron chi connectivity index (χ4n) is 1.19. The Kier molecular flexibility index (Phi) is 2.30. The van der Waals surface area contributed by atoms with Gasteiger partial charge in [0, 0.05) is 6.08 Å². The molecule has 70 valence electrons. The lowest BCUT2D eigenvalue weighted by Gasteiger charge is -1.99. The van der Waals surface area contributed by atoms with Gasteiger partial charge in [-0.1, -0.05) is 11.6 Å². The Morgan fingerprint density at radius 2 is 2.21 bits per heavy atom. The summed E-state index contributed by atoms with van der Waals surface area (Å²) < 4.78 is 10.3. The van der Waals surface area contributed by atoms with Gasteiger partial charge in [0.15, 0.2) is 11.5 Å². The van der Waals surface area contributed by atoms with E-state index in [4.69, 9.17) is 26.3 Å². The topological polar surface area (TPSA) is 42.2 Å². The minimum absolute atomic E-state index is 0.234. The van der Waals surface area contributed by atoms with Crippen LogP contribution in [0.4, 0.5) is 0 Å². The van der Waals surface area contributed by atoms with Crippen LogP contribution in [0.3, 0.4) is 0 Å². The second-order valence-corrected chi connectivity index (χ2v) is 3.10. The largest absolute Gasteiger partial charge is 0.454 e. The average Bonchev–Trinajstić information content (AvgIpc) is 2.64. The number of allylic oxidation sites excluding steroid dienone is 1. The highest BCUT2D eigenvalue weighted by molar-refractivity contribution is 6.49. The first-order valence-electron chi connectivity index (χ1n) is 3.96. The van der Waals surface area contributed by atoms with Crippen LogP contribution in [0, 0.1) is 11.3 Å². The highest BCUT2D eigenvalue weighted by atomic mass is 35.5. The van der Waals surface area contributed by atoms with Crippen molar-refractivity contribution >= 4 is 16.6 Å². The van der Waals surface area contributed by atoms with E-state index >= 15 is 0 Å². The Morgan fingerprint density at radius 3 is 3.00 bits per heavy atom. The fourth-order valence-corrected chi connectivity index (χ4v) is 1.35. The Balaban J connectivity index is 2.39. The normalized spacial score (nSPS) is 13.9. The summed E-state index contributed by atoms with van der Waals surface area (Å²) in [5.41, 5.74) is 0.748. The van der Waals surface area contributed by atoms with Gasteiger partial charge in [0.1, 0.15) is 0 Å². The predicted octanol–water partition coefficient (Wildman–Crippen LogP) is 2.52. The van der Waals surface area contributed by atoms with Crippen LogP contribution in [-0.4, -0.2) is 6.79 Å². The van der Waals surface area contributed by atoms with E-state index in [-0.39, 0.29) is 6.79 Å². The van der Waals surface area contributed by atoms with Crippen molar-refractivity contribution in [2.24, 2.45) is 0 Å². The zero-order valence-corrected chi connectivity index (χ0v) is 7.91. The van der Waals surface area contributed by atoms with Crippen molar-refractivity contribution in [1.82, 2.24) is 0 Å². The second-order valence-electron chi connectivity index (χ2n) is 2.69. The molecular weight excluding hydrogens is 202 g/mol. The van der Waals surface area contributed by atoms with E-state index in [0.29, 0.717) is 16.5 Å². The number of nitriles is 1. The molecule has 0 saturated carbocycles. The molecule has 0 atom stereocenters. The van der Waals surface area contributed by atoms with E-state index in [1.165, 1.54) is 6.08 Å². The molecule has 0 fully saturated rings. The third-order valence-corrected chi connectivity index (χ3v) is 2.17. The van der Waals surface area contributed by atoms with Gasteiger partial charge in [-0.3, -0.25) is 0 Å². The molecule has 1 aliphatic rings. The van der Waals surface area contributed by atoms with Gasteiger partial charge >= 0.3 is 0 Å². The van der Waals surface area contributed by atoms with Crippen molar-refractivity contribution in [1.29, 1.82) is 5.26 Å². The molecule has 0 radical (unpaired) electrons. The van der Waals surface area contributed by atoms with Crippen LogP contribution < -0.4 is 9.47 Å². The van der Waals surface area contributed by atoms with Gasteiger partial charge in [-0.05, 0) is 23.8 Å². The van der Waals surface area contributed by atoms with Crippen molar-refractivity contribution in [3.8, 4) is 17.6 Å². The highest BCUT2D eigenvalue weighted by Gasteiger charge is 2.13. The summed E-state index contributed by atoms with van der Waals surface area (Å²) in [6, 6.07) is 7.17. The number of hydrogen-bond acceptors (Lipinski definition) is 3. The van der Waals surface area contributed by atoms with E-state index in [1.54, 1.807) is 18.2 Å². The van der Waals surface area contributed by atoms with Crippen LogP contribution in [0.1, 0.15) is 5.56 Å². The van der Waals surface area contributed by atoms with Crippen LogP contribution in [0.2, 0.25) is 0 Å². The number of ether oxygens (including phenoxy) is 2. The number of nitrogens with zero attached hydrogens (tertiary/aromatic N) is 1. The van der Waals surface area contributed by atoms with Gasteiger partial charge in [0.2, 0.25) is 6.79 Å². The molecule has 0 aliphatic carbocycles. The molecule has 0 N–H and O–H groups in total. The molecular formula is C10H6ClNO2. The highest BCUT2D eigenvalue weighted by Crippen LogP contribution is 2.35. The van der Waals surface area contributed by atoms with E-state index < -0.39 is 0 Å². The molecule has 1 aliphatic heterocycles. The summed E-state index contributed by atoms with van der Waals surface area (Å²) in [5, 5.41) is 8.82. The summed E-state index contributed by atoms with van der Waals surface area (Å²) in [5.74, 6) is 1.36. The first-order valence-corrected chi connectivity index (χ1v) is 4.34. The van der Waals surface area contributed by atoms with E-state index in [9.17, 15) is 0 Å². The summed E-state index contributed by atoms with van der Waals surface area (Å²) in [6.07, 6.45) is 1.28. The maximum absolute atomic E-state index is 8.42. The number of hydrogen-bond donors (Lipinski definition) is 0. The van der Waals surface area contributed by atoms with Gasteiger partial charge < -0.3 is 9.47 Å². The van der Waals surface area contributed by atoms with Crippen molar-refractivity contribution in [2.75, 3.05) is 6.79 Å². The average molecular weight is 208 g/mol. The molecule has 1 aromatic rings. The standard InChI is InChI=1S/C10H6ClNO2/c11-8(3-4-12)7-1-2-9-10(5-7)14-6-13-9/h1-3,5H,6H2/b8-3-. The lowest BCUT2D eigenvalue weighted by molar-refractivity contribution is 0.174. The van der Waals surface area contributed by atoms with Crippen LogP contribution in [0.15, 0.2) is 24.3 Å². The zero-order chi connectivity index (χ0) is 9.97. The number of rotatable bonds is 1. The minimum Gasteiger partial charge on any atom is -0.454 e. The quantitative estimate of drug-likeness (QED) is 0.665. The van der Waals surface area contributed by atoms with Gasteiger partial charge in [-0.2, -0.15) is 5.26 Å². The van der Waals surface area contributed by atoms with E-state index in [1.807, 2.05) is 6.07 Å². The summed E-state index contributed by atoms with van der Waals surface area (Å²) in [4.78, 5) is 0. The Hall–Kier alpha value is -1.66. The third-order valence-electron chi connectivity index (χ3n) is 1.84. The van der Waals surface area contributed by atoms with Crippen molar-refractivity contribution in [2.45, 2.75) is 0 Å². The number of fused-ring (bicyclic) bond motifs is 1. The van der Waals surface area contributed by atoms with Crippen LogP contribution in [-0.2, 0) is 0 Å². The lowest BCUT2D eigenvalue weighted by Crippen LogP contribution is -1.92.